The molecule has 0 saturated carbocycles. The van der Waals surface area contributed by atoms with Gasteiger partial charge in [0.25, 0.3) is 0 Å². The molecule has 6 aromatic rings. The van der Waals surface area contributed by atoms with Crippen molar-refractivity contribution in [1.82, 2.24) is 0 Å². The first-order chi connectivity index (χ1) is 16.9. The molecule has 0 N–H and O–H groups in total. The second-order valence-corrected chi connectivity index (χ2v) is 14.8. The Morgan fingerprint density at radius 3 is 1.26 bits per heavy atom. The summed E-state index contributed by atoms with van der Waals surface area (Å²) < 4.78 is 0. The third kappa shape index (κ3) is 4.97. The van der Waals surface area contributed by atoms with Crippen LogP contribution in [-0.2, 0) is 25.8 Å². The molecule has 0 amide bonds. The molecule has 0 fully saturated rings. The van der Waals surface area contributed by atoms with Gasteiger partial charge in [0.1, 0.15) is 0 Å². The molecule has 0 bridgehead atoms. The first kappa shape index (κ1) is 29.7. The maximum Gasteiger partial charge on any atom is 4.00 e. The van der Waals surface area contributed by atoms with Gasteiger partial charge in [-0.15, -0.1) is 68.3 Å². The number of aryl methyl sites for hydroxylation is 2. The zero-order valence-electron chi connectivity index (χ0n) is 23.4. The Morgan fingerprint density at radius 1 is 0.500 bits per heavy atom. The molecule has 6 rings (SSSR count). The monoisotopic (exact) mass is 676 g/mol. The van der Waals surface area contributed by atoms with Crippen molar-refractivity contribution in [3.8, 4) is 22.3 Å². The average molecular weight is 675 g/mol. The first-order valence-corrected chi connectivity index (χ1v) is 15.5. The van der Waals surface area contributed by atoms with Crippen molar-refractivity contribution in [1.29, 1.82) is 0 Å². The van der Waals surface area contributed by atoms with Crippen molar-refractivity contribution >= 4 is 40.0 Å². The first-order valence-electron chi connectivity index (χ1n) is 12.5. The third-order valence-electron chi connectivity index (χ3n) is 7.82. The number of hydrogen-bond donors (Lipinski definition) is 0. The number of fused-ring (bicyclic) bond motifs is 2. The summed E-state index contributed by atoms with van der Waals surface area (Å²) in [5.41, 5.74) is 7.99. The van der Waals surface area contributed by atoms with E-state index in [-0.39, 0.29) is 40.7 Å². The topological polar surface area (TPSA) is 0 Å². The number of hydrogen-bond acceptors (Lipinski definition) is 0. The summed E-state index contributed by atoms with van der Waals surface area (Å²) >= 11 is 0. The number of rotatable bonds is 4. The van der Waals surface area contributed by atoms with Gasteiger partial charge in [-0.05, 0) is 36.1 Å². The molecule has 188 valence electrons. The largest absolute Gasteiger partial charge is 4.00 e. The molecule has 0 aliphatic heterocycles. The van der Waals surface area contributed by atoms with Gasteiger partial charge in [-0.1, -0.05) is 84.9 Å². The Kier molecular flexibility index (Phi) is 9.01. The fourth-order valence-electron chi connectivity index (χ4n) is 5.58. The SMILES string of the molecule is Cc1ccccc1-c1cccc2[cH-]c([Si](C)(C)c3cc4c(-c5ccccc5C)cccc4[cH-]3)cc12.[CH3-].[CH3-].[Hf+4]. The van der Waals surface area contributed by atoms with Gasteiger partial charge >= 0.3 is 25.8 Å². The molecule has 0 aliphatic rings. The van der Waals surface area contributed by atoms with Gasteiger partial charge in [0.05, 0.1) is 8.07 Å². The molecular weight excluding hydrogens is 639 g/mol. The van der Waals surface area contributed by atoms with Gasteiger partial charge in [-0.25, -0.2) is 0 Å². The molecule has 2 heteroatoms. The van der Waals surface area contributed by atoms with Gasteiger partial charge in [0.15, 0.2) is 0 Å². The Bertz CT molecular complexity index is 1570. The fourth-order valence-corrected chi connectivity index (χ4v) is 7.95. The van der Waals surface area contributed by atoms with Crippen LogP contribution in [0.5, 0.6) is 0 Å². The Hall–Kier alpha value is -2.81. The predicted octanol–water partition coefficient (Wildman–Crippen LogP) is 9.10. The summed E-state index contributed by atoms with van der Waals surface area (Å²) in [4.78, 5) is 0. The van der Waals surface area contributed by atoms with Crippen LogP contribution < -0.4 is 10.4 Å². The quantitative estimate of drug-likeness (QED) is 0.129. The summed E-state index contributed by atoms with van der Waals surface area (Å²) in [5.74, 6) is 0. The molecule has 0 aliphatic carbocycles. The van der Waals surface area contributed by atoms with Crippen LogP contribution in [0.1, 0.15) is 11.1 Å². The molecular formula is C36H36HfSi. The van der Waals surface area contributed by atoms with Crippen LogP contribution in [-0.4, -0.2) is 8.07 Å². The second kappa shape index (κ2) is 11.5. The van der Waals surface area contributed by atoms with E-state index in [1.54, 1.807) is 0 Å². The standard InChI is InChI=1S/C34H30Si.2CH3.Hf/c1-23-11-5-7-15-29(23)31-17-9-13-25-19-27(21-33(25)31)35(3,4)28-20-26-14-10-18-32(34(26)22-28)30-16-8-6-12-24(30)2;;;/h5-22H,1-4H3;2*1H3;/q-2;2*-1;+4. The van der Waals surface area contributed by atoms with Crippen LogP contribution in [0.15, 0.2) is 109 Å². The van der Waals surface area contributed by atoms with Gasteiger partial charge < -0.3 is 14.9 Å². The summed E-state index contributed by atoms with van der Waals surface area (Å²) in [5, 5.41) is 8.43. The summed E-state index contributed by atoms with van der Waals surface area (Å²) in [6, 6.07) is 40.8. The molecule has 0 heterocycles. The predicted molar refractivity (Wildman–Crippen MR) is 169 cm³/mol. The van der Waals surface area contributed by atoms with Crippen LogP contribution in [0.3, 0.4) is 0 Å². The van der Waals surface area contributed by atoms with E-state index in [2.05, 4.69) is 136 Å². The van der Waals surface area contributed by atoms with Gasteiger partial charge in [0, 0.05) is 0 Å². The van der Waals surface area contributed by atoms with E-state index in [0.29, 0.717) is 0 Å². The van der Waals surface area contributed by atoms with E-state index in [4.69, 9.17) is 0 Å². The van der Waals surface area contributed by atoms with Crippen molar-refractivity contribution in [2.75, 3.05) is 0 Å². The van der Waals surface area contributed by atoms with Gasteiger partial charge in [0.2, 0.25) is 0 Å². The van der Waals surface area contributed by atoms with Gasteiger partial charge in [-0.2, -0.15) is 12.1 Å². The molecule has 0 nitrogen and oxygen atoms in total. The zero-order valence-corrected chi connectivity index (χ0v) is 28.0. The van der Waals surface area contributed by atoms with E-state index in [1.807, 2.05) is 0 Å². The Labute approximate surface area is 248 Å². The van der Waals surface area contributed by atoms with Crippen LogP contribution in [0, 0.1) is 28.7 Å². The third-order valence-corrected chi connectivity index (χ3v) is 11.3. The summed E-state index contributed by atoms with van der Waals surface area (Å²) in [6.07, 6.45) is 0. The second-order valence-electron chi connectivity index (χ2n) is 10.4. The van der Waals surface area contributed by atoms with Crippen LogP contribution in [0.25, 0.3) is 43.8 Å². The van der Waals surface area contributed by atoms with E-state index < -0.39 is 8.07 Å². The summed E-state index contributed by atoms with van der Waals surface area (Å²) in [6.45, 7) is 9.41. The molecule has 0 saturated heterocycles. The van der Waals surface area contributed by atoms with Crippen molar-refractivity contribution < 1.29 is 25.8 Å². The molecule has 38 heavy (non-hydrogen) atoms. The fraction of sp³-hybridized carbons (Fsp3) is 0.111. The van der Waals surface area contributed by atoms with E-state index >= 15 is 0 Å². The summed E-state index contributed by atoms with van der Waals surface area (Å²) in [7, 11) is -1.90. The minimum absolute atomic E-state index is 0. The van der Waals surface area contributed by atoms with E-state index in [9.17, 15) is 0 Å². The van der Waals surface area contributed by atoms with Crippen LogP contribution in [0.2, 0.25) is 13.1 Å². The molecule has 0 aromatic heterocycles. The van der Waals surface area contributed by atoms with E-state index in [0.717, 1.165) is 0 Å². The maximum absolute atomic E-state index is 2.50. The van der Waals surface area contributed by atoms with Crippen molar-refractivity contribution in [2.45, 2.75) is 26.9 Å². The normalized spacial score (nSPS) is 11.1. The van der Waals surface area contributed by atoms with Crippen molar-refractivity contribution in [3.63, 3.8) is 0 Å². The van der Waals surface area contributed by atoms with Crippen LogP contribution in [0.4, 0.5) is 0 Å². The van der Waals surface area contributed by atoms with Crippen LogP contribution >= 0.6 is 0 Å². The molecule has 6 aromatic carbocycles. The minimum Gasteiger partial charge on any atom is -0.358 e. The average Bonchev–Trinajstić information content (AvgIpc) is 3.50. The Balaban J connectivity index is 0.00000133. The zero-order chi connectivity index (χ0) is 24.2. The smallest absolute Gasteiger partial charge is 0.358 e. The minimum atomic E-state index is -1.90. The number of benzene rings is 4. The maximum atomic E-state index is 2.50. The van der Waals surface area contributed by atoms with Crippen molar-refractivity contribution in [2.24, 2.45) is 0 Å². The van der Waals surface area contributed by atoms with Gasteiger partial charge in [-0.3, -0.25) is 0 Å². The van der Waals surface area contributed by atoms with E-state index in [1.165, 1.54) is 65.3 Å². The molecule has 0 atom stereocenters. The molecule has 0 spiro atoms. The van der Waals surface area contributed by atoms with Crippen molar-refractivity contribution in [3.05, 3.63) is 135 Å². The molecule has 0 radical (unpaired) electrons. The Morgan fingerprint density at radius 2 is 0.868 bits per heavy atom. The molecule has 0 unspecified atom stereocenters.